The number of hydrogen-bond acceptors (Lipinski definition) is 4. The van der Waals surface area contributed by atoms with E-state index >= 15 is 0 Å². The summed E-state index contributed by atoms with van der Waals surface area (Å²) >= 11 is 0. The fourth-order valence-electron chi connectivity index (χ4n) is 1.82. The molecule has 0 saturated heterocycles. The Kier molecular flexibility index (Phi) is 4.66. The molecular weight excluding hydrogens is 240 g/mol. The Balaban J connectivity index is 3.13. The molecule has 0 aliphatic rings. The molecule has 0 heterocycles. The van der Waals surface area contributed by atoms with Gasteiger partial charge in [-0.15, -0.1) is 0 Å². The third-order valence-electron chi connectivity index (χ3n) is 3.24. The van der Waals surface area contributed by atoms with Crippen molar-refractivity contribution in [2.24, 2.45) is 5.41 Å². The summed E-state index contributed by atoms with van der Waals surface area (Å²) in [6.07, 6.45) is 0. The lowest BCUT2D eigenvalue weighted by molar-refractivity contribution is 0.398. The molecule has 0 atom stereocenters. The molecule has 0 bridgehead atoms. The van der Waals surface area contributed by atoms with Crippen molar-refractivity contribution in [3.8, 4) is 17.6 Å². The number of benzene rings is 1. The van der Waals surface area contributed by atoms with Crippen LogP contribution >= 0.6 is 0 Å². The fourth-order valence-corrected chi connectivity index (χ4v) is 1.82. The van der Waals surface area contributed by atoms with Crippen LogP contribution in [0.15, 0.2) is 6.07 Å². The molecule has 1 aromatic carbocycles. The van der Waals surface area contributed by atoms with Crippen LogP contribution in [0.5, 0.6) is 11.5 Å². The Morgan fingerprint density at radius 2 is 1.84 bits per heavy atom. The summed E-state index contributed by atoms with van der Waals surface area (Å²) in [5.74, 6) is 1.61. The van der Waals surface area contributed by atoms with Crippen LogP contribution in [0, 0.1) is 30.6 Å². The molecule has 0 unspecified atom stereocenters. The highest BCUT2D eigenvalue weighted by Crippen LogP contribution is 2.37. The van der Waals surface area contributed by atoms with E-state index in [0.29, 0.717) is 6.54 Å². The molecule has 19 heavy (non-hydrogen) atoms. The number of hydrogen-bond donors (Lipinski definition) is 1. The average Bonchev–Trinajstić information content (AvgIpc) is 2.40. The summed E-state index contributed by atoms with van der Waals surface area (Å²) in [6, 6.07) is 4.18. The molecule has 4 heteroatoms. The van der Waals surface area contributed by atoms with Gasteiger partial charge in [-0.1, -0.05) is 0 Å². The Labute approximate surface area is 115 Å². The van der Waals surface area contributed by atoms with Gasteiger partial charge in [0.25, 0.3) is 0 Å². The van der Waals surface area contributed by atoms with Gasteiger partial charge in [0.05, 0.1) is 31.4 Å². The van der Waals surface area contributed by atoms with Gasteiger partial charge in [0.2, 0.25) is 0 Å². The minimum Gasteiger partial charge on any atom is -0.496 e. The lowest BCUT2D eigenvalue weighted by Gasteiger charge is -2.21. The van der Waals surface area contributed by atoms with Crippen molar-refractivity contribution in [3.05, 3.63) is 17.2 Å². The number of rotatable bonds is 5. The molecule has 1 rings (SSSR count). The molecule has 0 radical (unpaired) electrons. The summed E-state index contributed by atoms with van der Waals surface area (Å²) < 4.78 is 10.8. The van der Waals surface area contributed by atoms with Gasteiger partial charge in [0, 0.05) is 12.6 Å². The van der Waals surface area contributed by atoms with Gasteiger partial charge >= 0.3 is 0 Å². The molecule has 1 aromatic rings. The lowest BCUT2D eigenvalue weighted by Crippen LogP contribution is -2.21. The largest absolute Gasteiger partial charge is 0.496 e. The lowest BCUT2D eigenvalue weighted by atomic mass is 9.95. The minimum atomic E-state index is -0.433. The molecular formula is C15H22N2O2. The highest BCUT2D eigenvalue weighted by Gasteiger charge is 2.19. The molecule has 0 saturated carbocycles. The normalized spacial score (nSPS) is 10.8. The molecule has 0 amide bonds. The van der Waals surface area contributed by atoms with E-state index in [1.165, 1.54) is 0 Å². The quantitative estimate of drug-likeness (QED) is 0.884. The standard InChI is InChI=1S/C15H22N2O2/c1-10-11(2)14(19-6)12(7-13(10)18-5)17-9-15(3,4)8-16/h7,17H,9H2,1-6H3. The second-order valence-electron chi connectivity index (χ2n) is 5.26. The molecule has 0 aromatic heterocycles. The first-order chi connectivity index (χ1) is 8.86. The zero-order valence-corrected chi connectivity index (χ0v) is 12.5. The highest BCUT2D eigenvalue weighted by atomic mass is 16.5. The van der Waals surface area contributed by atoms with Crippen LogP contribution in [0.2, 0.25) is 0 Å². The predicted octanol–water partition coefficient (Wildman–Crippen LogP) is 3.28. The first-order valence-corrected chi connectivity index (χ1v) is 6.23. The Bertz CT molecular complexity index is 502. The van der Waals surface area contributed by atoms with Crippen molar-refractivity contribution in [1.29, 1.82) is 5.26 Å². The van der Waals surface area contributed by atoms with E-state index < -0.39 is 5.41 Å². The molecule has 1 N–H and O–H groups in total. The van der Waals surface area contributed by atoms with Gasteiger partial charge in [0.15, 0.2) is 0 Å². The van der Waals surface area contributed by atoms with Crippen molar-refractivity contribution < 1.29 is 9.47 Å². The van der Waals surface area contributed by atoms with E-state index in [4.69, 9.17) is 14.7 Å². The van der Waals surface area contributed by atoms with Crippen LogP contribution < -0.4 is 14.8 Å². The minimum absolute atomic E-state index is 0.433. The van der Waals surface area contributed by atoms with Gasteiger partial charge in [-0.05, 0) is 38.8 Å². The number of anilines is 1. The van der Waals surface area contributed by atoms with Gasteiger partial charge in [-0.3, -0.25) is 0 Å². The van der Waals surface area contributed by atoms with Gasteiger partial charge in [-0.25, -0.2) is 0 Å². The van der Waals surface area contributed by atoms with E-state index in [2.05, 4.69) is 11.4 Å². The summed E-state index contributed by atoms with van der Waals surface area (Å²) in [7, 11) is 3.30. The van der Waals surface area contributed by atoms with Crippen molar-refractivity contribution in [2.45, 2.75) is 27.7 Å². The summed E-state index contributed by atoms with van der Waals surface area (Å²) in [6.45, 7) is 8.33. The predicted molar refractivity (Wildman–Crippen MR) is 76.9 cm³/mol. The number of nitrogens with zero attached hydrogens (tertiary/aromatic N) is 1. The topological polar surface area (TPSA) is 54.3 Å². The van der Waals surface area contributed by atoms with E-state index in [0.717, 1.165) is 28.3 Å². The molecule has 0 aliphatic heterocycles. The molecule has 0 spiro atoms. The second-order valence-corrected chi connectivity index (χ2v) is 5.26. The van der Waals surface area contributed by atoms with E-state index in [1.807, 2.05) is 33.8 Å². The number of ether oxygens (including phenoxy) is 2. The third kappa shape index (κ3) is 3.31. The maximum atomic E-state index is 9.05. The monoisotopic (exact) mass is 262 g/mol. The fraction of sp³-hybridized carbons (Fsp3) is 0.533. The first kappa shape index (κ1) is 15.2. The maximum Gasteiger partial charge on any atom is 0.145 e. The molecule has 0 fully saturated rings. The van der Waals surface area contributed by atoms with Crippen LogP contribution in [0.1, 0.15) is 25.0 Å². The van der Waals surface area contributed by atoms with Crippen LogP contribution in [0.3, 0.4) is 0 Å². The maximum absolute atomic E-state index is 9.05. The summed E-state index contributed by atoms with van der Waals surface area (Å²) in [5, 5.41) is 12.3. The summed E-state index contributed by atoms with van der Waals surface area (Å²) in [4.78, 5) is 0. The molecule has 4 nitrogen and oxygen atoms in total. The van der Waals surface area contributed by atoms with Crippen molar-refractivity contribution in [3.63, 3.8) is 0 Å². The van der Waals surface area contributed by atoms with Gasteiger partial charge in [-0.2, -0.15) is 5.26 Å². The zero-order chi connectivity index (χ0) is 14.6. The van der Waals surface area contributed by atoms with Crippen LogP contribution in [-0.2, 0) is 0 Å². The van der Waals surface area contributed by atoms with Crippen LogP contribution in [-0.4, -0.2) is 20.8 Å². The number of nitriles is 1. The Hall–Kier alpha value is -1.89. The number of nitrogens with one attached hydrogen (secondary N) is 1. The average molecular weight is 262 g/mol. The molecule has 104 valence electrons. The second kappa shape index (κ2) is 5.83. The van der Waals surface area contributed by atoms with Gasteiger partial charge in [0.1, 0.15) is 11.5 Å². The van der Waals surface area contributed by atoms with Crippen molar-refractivity contribution >= 4 is 5.69 Å². The van der Waals surface area contributed by atoms with E-state index in [-0.39, 0.29) is 0 Å². The van der Waals surface area contributed by atoms with Crippen molar-refractivity contribution in [1.82, 2.24) is 0 Å². The molecule has 0 aliphatic carbocycles. The zero-order valence-electron chi connectivity index (χ0n) is 12.5. The third-order valence-corrected chi connectivity index (χ3v) is 3.24. The SMILES string of the molecule is COc1cc(NCC(C)(C)C#N)c(OC)c(C)c1C. The Morgan fingerprint density at radius 3 is 2.32 bits per heavy atom. The smallest absolute Gasteiger partial charge is 0.145 e. The van der Waals surface area contributed by atoms with Gasteiger partial charge < -0.3 is 14.8 Å². The van der Waals surface area contributed by atoms with Crippen molar-refractivity contribution in [2.75, 3.05) is 26.1 Å². The highest BCUT2D eigenvalue weighted by molar-refractivity contribution is 5.66. The van der Waals surface area contributed by atoms with E-state index in [1.54, 1.807) is 14.2 Å². The van der Waals surface area contributed by atoms with E-state index in [9.17, 15) is 0 Å². The van der Waals surface area contributed by atoms with Crippen LogP contribution in [0.25, 0.3) is 0 Å². The summed E-state index contributed by atoms with van der Waals surface area (Å²) in [5.41, 5.74) is 2.52. The number of methoxy groups -OCH3 is 2. The first-order valence-electron chi connectivity index (χ1n) is 6.23. The van der Waals surface area contributed by atoms with Crippen LogP contribution in [0.4, 0.5) is 5.69 Å². The Morgan fingerprint density at radius 1 is 1.21 bits per heavy atom.